The number of anilines is 1. The highest BCUT2D eigenvalue weighted by Gasteiger charge is 2.05. The predicted octanol–water partition coefficient (Wildman–Crippen LogP) is 5.03. The van der Waals surface area contributed by atoms with Crippen molar-refractivity contribution in [3.63, 3.8) is 0 Å². The molecule has 2 rings (SSSR count). The minimum absolute atomic E-state index is 0.668. The lowest BCUT2D eigenvalue weighted by molar-refractivity contribution is 0.410. The third kappa shape index (κ3) is 3.64. The van der Waals surface area contributed by atoms with Gasteiger partial charge in [-0.1, -0.05) is 45.2 Å². The van der Waals surface area contributed by atoms with E-state index in [9.17, 15) is 0 Å². The van der Waals surface area contributed by atoms with Crippen molar-refractivity contribution >= 4 is 33.2 Å². The highest BCUT2D eigenvalue weighted by atomic mass is 79.9. The number of methoxy groups -OCH3 is 1. The van der Waals surface area contributed by atoms with Gasteiger partial charge in [0.25, 0.3) is 0 Å². The fourth-order valence-corrected chi connectivity index (χ4v) is 2.41. The van der Waals surface area contributed by atoms with Crippen LogP contribution in [0.2, 0.25) is 5.02 Å². The van der Waals surface area contributed by atoms with E-state index < -0.39 is 0 Å². The van der Waals surface area contributed by atoms with E-state index in [1.807, 2.05) is 30.3 Å². The first-order valence-electron chi connectivity index (χ1n) is 5.92. The molecular weight excluding hydrogens is 326 g/mol. The molecular formula is C15H15BrClNO. The van der Waals surface area contributed by atoms with Crippen LogP contribution in [0.1, 0.15) is 11.1 Å². The molecule has 1 N–H and O–H groups in total. The molecule has 100 valence electrons. The third-order valence-corrected chi connectivity index (χ3v) is 3.66. The normalized spacial score (nSPS) is 10.3. The molecule has 0 unspecified atom stereocenters. The van der Waals surface area contributed by atoms with Crippen LogP contribution in [0.15, 0.2) is 40.9 Å². The number of benzene rings is 2. The van der Waals surface area contributed by atoms with Crippen LogP contribution in [0.4, 0.5) is 5.69 Å². The Balaban J connectivity index is 2.18. The van der Waals surface area contributed by atoms with Crippen LogP contribution in [0.5, 0.6) is 5.75 Å². The molecule has 0 bridgehead atoms. The van der Waals surface area contributed by atoms with Gasteiger partial charge in [-0.15, -0.1) is 0 Å². The van der Waals surface area contributed by atoms with Gasteiger partial charge in [0.15, 0.2) is 0 Å². The molecule has 0 spiro atoms. The van der Waals surface area contributed by atoms with Crippen molar-refractivity contribution in [2.24, 2.45) is 0 Å². The van der Waals surface area contributed by atoms with Crippen LogP contribution in [0.25, 0.3) is 0 Å². The number of rotatable bonds is 4. The number of aryl methyl sites for hydroxylation is 1. The fourth-order valence-electron chi connectivity index (χ4n) is 1.87. The van der Waals surface area contributed by atoms with Crippen molar-refractivity contribution in [2.45, 2.75) is 13.5 Å². The zero-order valence-corrected chi connectivity index (χ0v) is 13.2. The molecule has 0 aliphatic carbocycles. The Labute approximate surface area is 126 Å². The summed E-state index contributed by atoms with van der Waals surface area (Å²) < 4.78 is 6.36. The molecule has 0 saturated heterocycles. The Morgan fingerprint density at radius 2 is 2.00 bits per heavy atom. The van der Waals surface area contributed by atoms with Gasteiger partial charge in [-0.3, -0.25) is 0 Å². The Morgan fingerprint density at radius 1 is 1.21 bits per heavy atom. The molecule has 2 aromatic rings. The zero-order valence-electron chi connectivity index (χ0n) is 10.8. The Hall–Kier alpha value is -1.19. The van der Waals surface area contributed by atoms with Crippen molar-refractivity contribution < 1.29 is 4.74 Å². The van der Waals surface area contributed by atoms with E-state index >= 15 is 0 Å². The van der Waals surface area contributed by atoms with E-state index in [0.29, 0.717) is 11.6 Å². The van der Waals surface area contributed by atoms with Crippen molar-refractivity contribution in [2.75, 3.05) is 12.4 Å². The van der Waals surface area contributed by atoms with Gasteiger partial charge in [0.1, 0.15) is 5.75 Å². The van der Waals surface area contributed by atoms with E-state index in [-0.39, 0.29) is 0 Å². The fraction of sp³-hybridized carbons (Fsp3) is 0.200. The number of hydrogen-bond acceptors (Lipinski definition) is 2. The number of ether oxygens (including phenoxy) is 1. The van der Waals surface area contributed by atoms with Crippen molar-refractivity contribution in [1.29, 1.82) is 0 Å². The minimum atomic E-state index is 0.668. The van der Waals surface area contributed by atoms with Gasteiger partial charge in [-0.2, -0.15) is 0 Å². The first-order valence-corrected chi connectivity index (χ1v) is 7.09. The molecule has 0 saturated carbocycles. The Bertz CT molecular complexity index is 586. The van der Waals surface area contributed by atoms with Crippen LogP contribution in [-0.4, -0.2) is 7.11 Å². The van der Waals surface area contributed by atoms with E-state index in [0.717, 1.165) is 21.5 Å². The van der Waals surface area contributed by atoms with Crippen LogP contribution >= 0.6 is 27.5 Å². The lowest BCUT2D eigenvalue weighted by atomic mass is 10.1. The lowest BCUT2D eigenvalue weighted by Crippen LogP contribution is -2.02. The Kier molecular flexibility index (Phi) is 4.72. The zero-order chi connectivity index (χ0) is 13.8. The number of halogens is 2. The molecule has 0 aliphatic heterocycles. The van der Waals surface area contributed by atoms with E-state index in [2.05, 4.69) is 34.2 Å². The molecule has 0 aromatic heterocycles. The average molecular weight is 341 g/mol. The lowest BCUT2D eigenvalue weighted by Gasteiger charge is -2.12. The van der Waals surface area contributed by atoms with Gasteiger partial charge in [-0.05, 0) is 31.2 Å². The van der Waals surface area contributed by atoms with E-state index in [4.69, 9.17) is 16.3 Å². The summed E-state index contributed by atoms with van der Waals surface area (Å²) in [6, 6.07) is 11.9. The standard InChI is InChI=1S/C15H15BrClNO/c1-10-3-6-15(19-2)11(7-10)9-18-14-8-12(16)4-5-13(14)17/h3-8,18H,9H2,1-2H3. The van der Waals surface area contributed by atoms with Crippen LogP contribution < -0.4 is 10.1 Å². The number of nitrogens with one attached hydrogen (secondary N) is 1. The highest BCUT2D eigenvalue weighted by molar-refractivity contribution is 9.10. The van der Waals surface area contributed by atoms with Gasteiger partial charge in [0, 0.05) is 16.6 Å². The molecule has 4 heteroatoms. The smallest absolute Gasteiger partial charge is 0.123 e. The monoisotopic (exact) mass is 339 g/mol. The summed E-state index contributed by atoms with van der Waals surface area (Å²) in [5.41, 5.74) is 3.22. The molecule has 0 atom stereocenters. The van der Waals surface area contributed by atoms with Gasteiger partial charge in [0.05, 0.1) is 17.8 Å². The number of hydrogen-bond donors (Lipinski definition) is 1. The quantitative estimate of drug-likeness (QED) is 0.842. The van der Waals surface area contributed by atoms with Gasteiger partial charge in [0.2, 0.25) is 0 Å². The van der Waals surface area contributed by atoms with Crippen molar-refractivity contribution in [1.82, 2.24) is 0 Å². The van der Waals surface area contributed by atoms with E-state index in [1.165, 1.54) is 5.56 Å². The summed E-state index contributed by atoms with van der Waals surface area (Å²) >= 11 is 9.59. The molecule has 19 heavy (non-hydrogen) atoms. The largest absolute Gasteiger partial charge is 0.496 e. The first-order chi connectivity index (χ1) is 9.10. The summed E-state index contributed by atoms with van der Waals surface area (Å²) in [5.74, 6) is 0.879. The highest BCUT2D eigenvalue weighted by Crippen LogP contribution is 2.27. The predicted molar refractivity (Wildman–Crippen MR) is 84.2 cm³/mol. The molecule has 2 nitrogen and oxygen atoms in total. The van der Waals surface area contributed by atoms with Gasteiger partial charge >= 0.3 is 0 Å². The summed E-state index contributed by atoms with van der Waals surface area (Å²) in [7, 11) is 1.68. The van der Waals surface area contributed by atoms with Crippen molar-refractivity contribution in [3.8, 4) is 5.75 Å². The SMILES string of the molecule is COc1ccc(C)cc1CNc1cc(Br)ccc1Cl. The first kappa shape index (κ1) is 14.2. The maximum absolute atomic E-state index is 6.15. The van der Waals surface area contributed by atoms with Gasteiger partial charge < -0.3 is 10.1 Å². The van der Waals surface area contributed by atoms with E-state index in [1.54, 1.807) is 7.11 Å². The minimum Gasteiger partial charge on any atom is -0.496 e. The molecule has 0 fully saturated rings. The van der Waals surface area contributed by atoms with Crippen LogP contribution in [-0.2, 0) is 6.54 Å². The Morgan fingerprint density at radius 3 is 2.74 bits per heavy atom. The molecule has 0 radical (unpaired) electrons. The topological polar surface area (TPSA) is 21.3 Å². The second-order valence-electron chi connectivity index (χ2n) is 4.29. The molecule has 0 heterocycles. The third-order valence-electron chi connectivity index (χ3n) is 2.83. The summed E-state index contributed by atoms with van der Waals surface area (Å²) in [6.07, 6.45) is 0. The summed E-state index contributed by atoms with van der Waals surface area (Å²) in [6.45, 7) is 2.73. The van der Waals surface area contributed by atoms with Crippen LogP contribution in [0.3, 0.4) is 0 Å². The second kappa shape index (κ2) is 6.31. The summed E-state index contributed by atoms with van der Waals surface area (Å²) in [5, 5.41) is 4.03. The average Bonchev–Trinajstić information content (AvgIpc) is 2.40. The maximum Gasteiger partial charge on any atom is 0.123 e. The maximum atomic E-state index is 6.15. The molecule has 0 aliphatic rings. The van der Waals surface area contributed by atoms with Crippen molar-refractivity contribution in [3.05, 3.63) is 57.0 Å². The summed E-state index contributed by atoms with van der Waals surface area (Å²) in [4.78, 5) is 0. The molecule has 0 amide bonds. The molecule has 2 aromatic carbocycles. The van der Waals surface area contributed by atoms with Crippen LogP contribution in [0, 0.1) is 6.92 Å². The second-order valence-corrected chi connectivity index (χ2v) is 5.62. The van der Waals surface area contributed by atoms with Gasteiger partial charge in [-0.25, -0.2) is 0 Å².